The van der Waals surface area contributed by atoms with Crippen LogP contribution in [0.1, 0.15) is 18.9 Å². The monoisotopic (exact) mass is 417 g/mol. The number of nitrogens with one attached hydrogen (secondary N) is 3. The van der Waals surface area contributed by atoms with Gasteiger partial charge in [0, 0.05) is 18.3 Å². The molecule has 0 saturated carbocycles. The number of carbonyl (C=O) groups excluding carboxylic acids is 2. The maximum atomic E-state index is 12.4. The quantitative estimate of drug-likeness (QED) is 0.418. The van der Waals surface area contributed by atoms with E-state index in [1.807, 2.05) is 54.6 Å². The van der Waals surface area contributed by atoms with Gasteiger partial charge in [-0.05, 0) is 48.7 Å². The maximum absolute atomic E-state index is 12.4. The van der Waals surface area contributed by atoms with Crippen LogP contribution in [-0.2, 0) is 16.0 Å². The normalized spacial score (nSPS) is 10.2. The van der Waals surface area contributed by atoms with E-state index in [1.165, 1.54) is 12.5 Å². The summed E-state index contributed by atoms with van der Waals surface area (Å²) in [5, 5.41) is 8.67. The predicted molar refractivity (Wildman–Crippen MR) is 125 cm³/mol. The third-order valence-electron chi connectivity index (χ3n) is 4.51. The fraction of sp³-hybridized carbons (Fsp3) is 0.200. The Kier molecular flexibility index (Phi) is 8.05. The highest BCUT2D eigenvalue weighted by molar-refractivity contribution is 5.95. The van der Waals surface area contributed by atoms with Crippen molar-refractivity contribution < 1.29 is 14.3 Å². The second-order valence-electron chi connectivity index (χ2n) is 7.10. The molecule has 0 aromatic heterocycles. The summed E-state index contributed by atoms with van der Waals surface area (Å²) in [5.74, 6) is 0.317. The molecule has 6 heteroatoms. The van der Waals surface area contributed by atoms with Crippen LogP contribution in [0.25, 0.3) is 0 Å². The van der Waals surface area contributed by atoms with E-state index in [2.05, 4.69) is 28.1 Å². The molecule has 0 bridgehead atoms. The summed E-state index contributed by atoms with van der Waals surface area (Å²) >= 11 is 0. The molecule has 3 aromatic rings. The zero-order chi connectivity index (χ0) is 21.9. The van der Waals surface area contributed by atoms with Crippen molar-refractivity contribution in [3.8, 4) is 5.75 Å². The smallest absolute Gasteiger partial charge is 0.243 e. The van der Waals surface area contributed by atoms with Crippen molar-refractivity contribution in [1.82, 2.24) is 0 Å². The van der Waals surface area contributed by atoms with Gasteiger partial charge in [-0.3, -0.25) is 9.59 Å². The molecule has 6 nitrogen and oxygen atoms in total. The Bertz CT molecular complexity index is 1010. The number of amides is 2. The second-order valence-corrected chi connectivity index (χ2v) is 7.10. The molecule has 0 aliphatic rings. The van der Waals surface area contributed by atoms with Gasteiger partial charge in [0.25, 0.3) is 0 Å². The number of anilines is 3. The van der Waals surface area contributed by atoms with Crippen LogP contribution in [0.4, 0.5) is 17.1 Å². The lowest BCUT2D eigenvalue weighted by molar-refractivity contribution is -0.115. The molecule has 160 valence electrons. The first kappa shape index (κ1) is 21.9. The van der Waals surface area contributed by atoms with Crippen molar-refractivity contribution in [2.45, 2.75) is 19.8 Å². The zero-order valence-electron chi connectivity index (χ0n) is 17.6. The standard InChI is InChI=1S/C25H27N3O3/c1-19(29)27-22-13-7-12-21(17-22)26-18-25(30)28-23-14-5-6-15-24(23)31-16-8-11-20-9-3-2-4-10-20/h2-7,9-10,12-15,17,26H,8,11,16,18H2,1H3,(H,27,29)(H,28,30). The van der Waals surface area contributed by atoms with Crippen molar-refractivity contribution in [1.29, 1.82) is 0 Å². The van der Waals surface area contributed by atoms with Gasteiger partial charge in [0.15, 0.2) is 0 Å². The van der Waals surface area contributed by atoms with Gasteiger partial charge in [-0.1, -0.05) is 48.5 Å². The van der Waals surface area contributed by atoms with Gasteiger partial charge < -0.3 is 20.7 Å². The minimum Gasteiger partial charge on any atom is -0.491 e. The van der Waals surface area contributed by atoms with Gasteiger partial charge in [0.1, 0.15) is 5.75 Å². The van der Waals surface area contributed by atoms with Crippen LogP contribution < -0.4 is 20.7 Å². The van der Waals surface area contributed by atoms with Gasteiger partial charge in [0.2, 0.25) is 11.8 Å². The number of rotatable bonds is 10. The molecular formula is C25H27N3O3. The largest absolute Gasteiger partial charge is 0.491 e. The van der Waals surface area contributed by atoms with Crippen LogP contribution in [0.15, 0.2) is 78.9 Å². The SMILES string of the molecule is CC(=O)Nc1cccc(NCC(=O)Nc2ccccc2OCCCc2ccccc2)c1. The summed E-state index contributed by atoms with van der Waals surface area (Å²) in [6.07, 6.45) is 1.83. The molecule has 0 spiro atoms. The lowest BCUT2D eigenvalue weighted by Crippen LogP contribution is -2.22. The molecule has 0 saturated heterocycles. The second kappa shape index (κ2) is 11.4. The Morgan fingerprint density at radius 3 is 2.39 bits per heavy atom. The van der Waals surface area contributed by atoms with Crippen molar-refractivity contribution in [2.75, 3.05) is 29.1 Å². The molecule has 0 aliphatic carbocycles. The first-order chi connectivity index (χ1) is 15.1. The number of aryl methyl sites for hydroxylation is 1. The number of hydrogen-bond acceptors (Lipinski definition) is 4. The first-order valence-electron chi connectivity index (χ1n) is 10.3. The minimum absolute atomic E-state index is 0.0892. The minimum atomic E-state index is -0.190. The van der Waals surface area contributed by atoms with Crippen molar-refractivity contribution in [3.63, 3.8) is 0 Å². The summed E-state index contributed by atoms with van der Waals surface area (Å²) < 4.78 is 5.90. The van der Waals surface area contributed by atoms with E-state index in [1.54, 1.807) is 12.1 Å². The zero-order valence-corrected chi connectivity index (χ0v) is 17.6. The molecule has 0 fully saturated rings. The average Bonchev–Trinajstić information content (AvgIpc) is 2.77. The fourth-order valence-corrected chi connectivity index (χ4v) is 3.09. The number of hydrogen-bond donors (Lipinski definition) is 3. The Morgan fingerprint density at radius 1 is 0.839 bits per heavy atom. The molecule has 0 aliphatic heterocycles. The van der Waals surface area contributed by atoms with Crippen molar-refractivity contribution in [2.24, 2.45) is 0 Å². The Hall–Kier alpha value is -3.80. The summed E-state index contributed by atoms with van der Waals surface area (Å²) in [6, 6.07) is 24.9. The molecule has 0 unspecified atom stereocenters. The summed E-state index contributed by atoms with van der Waals surface area (Å²) in [6.45, 7) is 2.11. The maximum Gasteiger partial charge on any atom is 0.243 e. The summed E-state index contributed by atoms with van der Waals surface area (Å²) in [5.41, 5.74) is 3.33. The van der Waals surface area contributed by atoms with Gasteiger partial charge in [-0.15, -0.1) is 0 Å². The van der Waals surface area contributed by atoms with Gasteiger partial charge in [-0.25, -0.2) is 0 Å². The van der Waals surface area contributed by atoms with Gasteiger partial charge in [-0.2, -0.15) is 0 Å². The topological polar surface area (TPSA) is 79.5 Å². The molecule has 0 radical (unpaired) electrons. The molecule has 0 atom stereocenters. The van der Waals surface area contributed by atoms with Crippen LogP contribution in [0, 0.1) is 0 Å². The molecule has 3 rings (SSSR count). The Labute approximate surface area is 182 Å². The van der Waals surface area contributed by atoms with Crippen LogP contribution >= 0.6 is 0 Å². The highest BCUT2D eigenvalue weighted by Crippen LogP contribution is 2.24. The number of carbonyl (C=O) groups is 2. The van der Waals surface area contributed by atoms with Gasteiger partial charge in [0.05, 0.1) is 18.8 Å². The summed E-state index contributed by atoms with van der Waals surface area (Å²) in [7, 11) is 0. The lowest BCUT2D eigenvalue weighted by atomic mass is 10.1. The molecule has 31 heavy (non-hydrogen) atoms. The molecular weight excluding hydrogens is 390 g/mol. The molecule has 3 N–H and O–H groups in total. The van der Waals surface area contributed by atoms with Crippen LogP contribution in [0.5, 0.6) is 5.75 Å². The number of para-hydroxylation sites is 2. The summed E-state index contributed by atoms with van der Waals surface area (Å²) in [4.78, 5) is 23.6. The fourth-order valence-electron chi connectivity index (χ4n) is 3.09. The van der Waals surface area contributed by atoms with Gasteiger partial charge >= 0.3 is 0 Å². The number of benzene rings is 3. The third-order valence-corrected chi connectivity index (χ3v) is 4.51. The molecule has 3 aromatic carbocycles. The highest BCUT2D eigenvalue weighted by atomic mass is 16.5. The van der Waals surface area contributed by atoms with Crippen molar-refractivity contribution >= 4 is 28.9 Å². The molecule has 2 amide bonds. The van der Waals surface area contributed by atoms with Crippen LogP contribution in [0.3, 0.4) is 0 Å². The highest BCUT2D eigenvalue weighted by Gasteiger charge is 2.08. The third kappa shape index (κ3) is 7.51. The molecule has 0 heterocycles. The van der Waals surface area contributed by atoms with E-state index in [0.29, 0.717) is 23.7 Å². The van der Waals surface area contributed by atoms with E-state index in [-0.39, 0.29) is 18.4 Å². The predicted octanol–water partition coefficient (Wildman–Crippen LogP) is 4.71. The van der Waals surface area contributed by atoms with Crippen LogP contribution in [-0.4, -0.2) is 25.0 Å². The van der Waals surface area contributed by atoms with Crippen molar-refractivity contribution in [3.05, 3.63) is 84.4 Å². The average molecular weight is 418 g/mol. The van der Waals surface area contributed by atoms with E-state index in [9.17, 15) is 9.59 Å². The first-order valence-corrected chi connectivity index (χ1v) is 10.3. The number of ether oxygens (including phenoxy) is 1. The van der Waals surface area contributed by atoms with E-state index < -0.39 is 0 Å². The van der Waals surface area contributed by atoms with E-state index >= 15 is 0 Å². The Balaban J connectivity index is 1.48. The van der Waals surface area contributed by atoms with E-state index in [4.69, 9.17) is 4.74 Å². The van der Waals surface area contributed by atoms with E-state index in [0.717, 1.165) is 18.5 Å². The lowest BCUT2D eigenvalue weighted by Gasteiger charge is -2.13. The van der Waals surface area contributed by atoms with Crippen LogP contribution in [0.2, 0.25) is 0 Å². The Morgan fingerprint density at radius 2 is 1.58 bits per heavy atom.